The minimum absolute atomic E-state index is 0.0669. The third-order valence-electron chi connectivity index (χ3n) is 2.16. The van der Waals surface area contributed by atoms with E-state index in [9.17, 15) is 13.6 Å². The van der Waals surface area contributed by atoms with E-state index in [0.717, 1.165) is 4.88 Å². The van der Waals surface area contributed by atoms with Crippen LogP contribution in [0.15, 0.2) is 17.5 Å². The number of thiophene rings is 1. The summed E-state index contributed by atoms with van der Waals surface area (Å²) in [6, 6.07) is 3.75. The van der Waals surface area contributed by atoms with Gasteiger partial charge in [-0.05, 0) is 25.5 Å². The number of nitrogens with one attached hydrogen (secondary N) is 1. The van der Waals surface area contributed by atoms with Gasteiger partial charge in [-0.25, -0.2) is 0 Å². The maximum absolute atomic E-state index is 12.0. The average molecular weight is 248 g/mol. The van der Waals surface area contributed by atoms with Crippen molar-refractivity contribution in [2.45, 2.75) is 12.5 Å². The van der Waals surface area contributed by atoms with E-state index in [4.69, 9.17) is 0 Å². The Balaban J connectivity index is 2.57. The van der Waals surface area contributed by atoms with Crippen molar-refractivity contribution in [3.63, 3.8) is 0 Å². The zero-order valence-corrected chi connectivity index (χ0v) is 9.93. The molecule has 90 valence electrons. The van der Waals surface area contributed by atoms with E-state index in [1.165, 1.54) is 11.3 Å². The number of carbonyl (C=O) groups is 1. The maximum atomic E-state index is 12.0. The normalized spacial score (nSPS) is 13.1. The Morgan fingerprint density at radius 1 is 1.56 bits per heavy atom. The van der Waals surface area contributed by atoms with Crippen LogP contribution in [0.5, 0.6) is 0 Å². The Morgan fingerprint density at radius 3 is 2.69 bits per heavy atom. The minimum Gasteiger partial charge on any atom is -0.349 e. The molecule has 0 aromatic carbocycles. The molecular weight excluding hydrogens is 234 g/mol. The van der Waals surface area contributed by atoms with E-state index in [-0.39, 0.29) is 12.6 Å². The lowest BCUT2D eigenvalue weighted by atomic mass is 10.2. The third-order valence-corrected chi connectivity index (χ3v) is 3.14. The molecule has 1 unspecified atom stereocenters. The van der Waals surface area contributed by atoms with Crippen molar-refractivity contribution in [3.05, 3.63) is 22.4 Å². The molecule has 16 heavy (non-hydrogen) atoms. The average Bonchev–Trinajstić information content (AvgIpc) is 2.70. The van der Waals surface area contributed by atoms with Crippen molar-refractivity contribution in [1.82, 2.24) is 10.2 Å². The van der Waals surface area contributed by atoms with Gasteiger partial charge in [0.05, 0.1) is 6.04 Å². The number of hydrogen-bond donors (Lipinski definition) is 1. The molecule has 1 atom stereocenters. The quantitative estimate of drug-likeness (QED) is 0.860. The van der Waals surface area contributed by atoms with Crippen LogP contribution in [-0.2, 0) is 4.79 Å². The van der Waals surface area contributed by atoms with Crippen LogP contribution in [0.25, 0.3) is 0 Å². The fraction of sp³-hybridized carbons (Fsp3) is 0.500. The molecule has 0 spiro atoms. The number of rotatable bonds is 5. The largest absolute Gasteiger partial charge is 0.349 e. The fourth-order valence-electron chi connectivity index (χ4n) is 1.29. The molecule has 3 nitrogen and oxygen atoms in total. The van der Waals surface area contributed by atoms with Gasteiger partial charge >= 0.3 is 6.43 Å². The predicted molar refractivity (Wildman–Crippen MR) is 59.8 cm³/mol. The summed E-state index contributed by atoms with van der Waals surface area (Å²) in [5, 5.41) is 4.15. The number of likely N-dealkylation sites (N-methyl/N-ethyl adjacent to an activating group) is 1. The number of halogens is 2. The molecule has 0 bridgehead atoms. The second kappa shape index (κ2) is 5.91. The van der Waals surface area contributed by atoms with Gasteiger partial charge in [-0.1, -0.05) is 6.07 Å². The summed E-state index contributed by atoms with van der Waals surface area (Å²) < 4.78 is 24.0. The SMILES string of the molecule is CN(C)C(CNC(=O)C(F)F)c1cccs1. The van der Waals surface area contributed by atoms with Crippen LogP contribution < -0.4 is 5.32 Å². The van der Waals surface area contributed by atoms with Crippen LogP contribution in [0, 0.1) is 0 Å². The van der Waals surface area contributed by atoms with Crippen molar-refractivity contribution in [2.75, 3.05) is 20.6 Å². The topological polar surface area (TPSA) is 32.3 Å². The summed E-state index contributed by atoms with van der Waals surface area (Å²) in [6.45, 7) is 0.191. The molecule has 0 aliphatic heterocycles. The van der Waals surface area contributed by atoms with Crippen molar-refractivity contribution < 1.29 is 13.6 Å². The molecule has 1 N–H and O–H groups in total. The van der Waals surface area contributed by atoms with Gasteiger partial charge in [0.1, 0.15) is 0 Å². The molecule has 0 saturated heterocycles. The van der Waals surface area contributed by atoms with Gasteiger partial charge in [0.15, 0.2) is 0 Å². The Labute approximate surface area is 97.1 Å². The van der Waals surface area contributed by atoms with Crippen LogP contribution in [0.4, 0.5) is 8.78 Å². The molecule has 1 rings (SSSR count). The van der Waals surface area contributed by atoms with Crippen LogP contribution in [0.1, 0.15) is 10.9 Å². The molecular formula is C10H14F2N2OS. The Bertz CT molecular complexity index is 328. The van der Waals surface area contributed by atoms with E-state index in [0.29, 0.717) is 0 Å². The van der Waals surface area contributed by atoms with Gasteiger partial charge in [0, 0.05) is 11.4 Å². The monoisotopic (exact) mass is 248 g/mol. The third kappa shape index (κ3) is 3.53. The van der Waals surface area contributed by atoms with E-state index >= 15 is 0 Å². The zero-order valence-electron chi connectivity index (χ0n) is 9.11. The highest BCUT2D eigenvalue weighted by Gasteiger charge is 2.19. The van der Waals surface area contributed by atoms with Crippen molar-refractivity contribution >= 4 is 17.2 Å². The predicted octanol–water partition coefficient (Wildman–Crippen LogP) is 1.73. The standard InChI is InChI=1S/C10H14F2N2OS/c1-14(2)7(8-4-3-5-16-8)6-13-10(15)9(11)12/h3-5,7,9H,6H2,1-2H3,(H,13,15). The Kier molecular flexibility index (Phi) is 4.82. The number of alkyl halides is 2. The second-order valence-corrected chi connectivity index (χ2v) is 4.52. The van der Waals surface area contributed by atoms with Crippen LogP contribution in [0.2, 0.25) is 0 Å². The summed E-state index contributed by atoms with van der Waals surface area (Å²) in [7, 11) is 3.69. The summed E-state index contributed by atoms with van der Waals surface area (Å²) in [6.07, 6.45) is -2.95. The summed E-state index contributed by atoms with van der Waals surface area (Å²) in [5.74, 6) is -1.22. The first-order valence-corrected chi connectivity index (χ1v) is 5.66. The van der Waals surface area contributed by atoms with Crippen molar-refractivity contribution in [3.8, 4) is 0 Å². The molecule has 1 heterocycles. The second-order valence-electron chi connectivity index (χ2n) is 3.54. The number of hydrogen-bond acceptors (Lipinski definition) is 3. The maximum Gasteiger partial charge on any atom is 0.315 e. The highest BCUT2D eigenvalue weighted by molar-refractivity contribution is 7.10. The lowest BCUT2D eigenvalue weighted by Crippen LogP contribution is -2.37. The Morgan fingerprint density at radius 2 is 2.25 bits per heavy atom. The summed E-state index contributed by atoms with van der Waals surface area (Å²) in [5.41, 5.74) is 0. The highest BCUT2D eigenvalue weighted by Crippen LogP contribution is 2.22. The van der Waals surface area contributed by atoms with Crippen LogP contribution >= 0.6 is 11.3 Å². The van der Waals surface area contributed by atoms with E-state index in [2.05, 4.69) is 5.32 Å². The molecule has 0 radical (unpaired) electrons. The molecule has 1 aromatic heterocycles. The van der Waals surface area contributed by atoms with Crippen LogP contribution in [0.3, 0.4) is 0 Å². The first-order valence-electron chi connectivity index (χ1n) is 4.78. The van der Waals surface area contributed by atoms with Crippen molar-refractivity contribution in [1.29, 1.82) is 0 Å². The van der Waals surface area contributed by atoms with Gasteiger partial charge in [0.25, 0.3) is 5.91 Å². The van der Waals surface area contributed by atoms with Gasteiger partial charge in [-0.2, -0.15) is 8.78 Å². The van der Waals surface area contributed by atoms with Gasteiger partial charge < -0.3 is 10.2 Å². The fourth-order valence-corrected chi connectivity index (χ4v) is 2.22. The minimum atomic E-state index is -2.95. The first kappa shape index (κ1) is 13.1. The van der Waals surface area contributed by atoms with Gasteiger partial charge in [0.2, 0.25) is 0 Å². The summed E-state index contributed by atoms with van der Waals surface area (Å²) in [4.78, 5) is 13.7. The summed E-state index contributed by atoms with van der Waals surface area (Å²) >= 11 is 1.54. The molecule has 0 aliphatic rings. The molecule has 6 heteroatoms. The van der Waals surface area contributed by atoms with E-state index in [1.54, 1.807) is 0 Å². The smallest absolute Gasteiger partial charge is 0.315 e. The van der Waals surface area contributed by atoms with Gasteiger partial charge in [-0.3, -0.25) is 4.79 Å². The van der Waals surface area contributed by atoms with Crippen molar-refractivity contribution in [2.24, 2.45) is 0 Å². The molecule has 1 aromatic rings. The van der Waals surface area contributed by atoms with E-state index in [1.807, 2.05) is 36.5 Å². The molecule has 0 fully saturated rings. The number of amides is 1. The number of carbonyl (C=O) groups excluding carboxylic acids is 1. The lowest BCUT2D eigenvalue weighted by Gasteiger charge is -2.23. The van der Waals surface area contributed by atoms with Gasteiger partial charge in [-0.15, -0.1) is 11.3 Å². The van der Waals surface area contributed by atoms with Crippen LogP contribution in [-0.4, -0.2) is 37.9 Å². The Hall–Kier alpha value is -1.01. The molecule has 0 saturated carbocycles. The first-order chi connectivity index (χ1) is 7.52. The molecule has 0 aliphatic carbocycles. The lowest BCUT2D eigenvalue weighted by molar-refractivity contribution is -0.131. The zero-order chi connectivity index (χ0) is 12.1. The highest BCUT2D eigenvalue weighted by atomic mass is 32.1. The number of nitrogens with zero attached hydrogens (tertiary/aromatic N) is 1. The molecule has 1 amide bonds. The van der Waals surface area contributed by atoms with E-state index < -0.39 is 12.3 Å².